The number of piperidine rings is 1. The van der Waals surface area contributed by atoms with E-state index >= 15 is 0 Å². The van der Waals surface area contributed by atoms with Crippen molar-refractivity contribution < 1.29 is 14.4 Å². The summed E-state index contributed by atoms with van der Waals surface area (Å²) in [5, 5.41) is 6.69. The van der Waals surface area contributed by atoms with E-state index in [1.807, 2.05) is 24.3 Å². The number of hydrogen-bond acceptors (Lipinski definition) is 6. The van der Waals surface area contributed by atoms with Gasteiger partial charge < -0.3 is 9.69 Å². The van der Waals surface area contributed by atoms with Crippen LogP contribution in [0.2, 0.25) is 0 Å². The first kappa shape index (κ1) is 19.1. The van der Waals surface area contributed by atoms with E-state index in [1.165, 1.54) is 9.25 Å². The molecule has 9 heteroatoms. The number of carbonyl (C=O) groups is 3. The molecule has 0 aliphatic carbocycles. The number of hydrogen-bond donors (Lipinski definition) is 1. The minimum Gasteiger partial charge on any atom is -0.371 e. The number of aromatic nitrogens is 3. The summed E-state index contributed by atoms with van der Waals surface area (Å²) in [6, 6.07) is 6.97. The smallest absolute Gasteiger partial charge is 0.346 e. The van der Waals surface area contributed by atoms with Gasteiger partial charge in [-0.2, -0.15) is 0 Å². The number of anilines is 1. The molecule has 29 heavy (non-hydrogen) atoms. The molecular formula is C20H23N5O4. The lowest BCUT2D eigenvalue weighted by Gasteiger charge is -2.20. The van der Waals surface area contributed by atoms with Gasteiger partial charge >= 0.3 is 5.69 Å². The number of nitrogens with one attached hydrogen (secondary N) is 1. The Morgan fingerprint density at radius 2 is 2.07 bits per heavy atom. The first-order chi connectivity index (χ1) is 14.0. The minimum absolute atomic E-state index is 0.182. The predicted octanol–water partition coefficient (Wildman–Crippen LogP) is 0.642. The van der Waals surface area contributed by atoms with Crippen LogP contribution in [0.25, 0.3) is 11.4 Å². The van der Waals surface area contributed by atoms with Gasteiger partial charge in [0.25, 0.3) is 5.91 Å². The van der Waals surface area contributed by atoms with Crippen molar-refractivity contribution in [3.63, 3.8) is 0 Å². The van der Waals surface area contributed by atoms with Crippen LogP contribution < -0.4 is 15.9 Å². The van der Waals surface area contributed by atoms with Gasteiger partial charge in [-0.1, -0.05) is 12.1 Å². The van der Waals surface area contributed by atoms with E-state index in [9.17, 15) is 19.2 Å². The number of nitrogens with zero attached hydrogens (tertiary/aromatic N) is 4. The van der Waals surface area contributed by atoms with Gasteiger partial charge in [0, 0.05) is 44.2 Å². The van der Waals surface area contributed by atoms with Crippen LogP contribution in [-0.4, -0.2) is 45.5 Å². The van der Waals surface area contributed by atoms with Crippen LogP contribution in [-0.2, 0) is 21.4 Å². The Labute approximate surface area is 167 Å². The third-order valence-corrected chi connectivity index (χ3v) is 5.69. The second kappa shape index (κ2) is 7.65. The van der Waals surface area contributed by atoms with Gasteiger partial charge in [-0.25, -0.2) is 9.48 Å². The molecule has 0 spiro atoms. The number of amides is 2. The molecule has 2 aliphatic heterocycles. The highest BCUT2D eigenvalue weighted by molar-refractivity contribution is 5.99. The lowest BCUT2D eigenvalue weighted by atomic mass is 10.1. The fraction of sp³-hybridized carbons (Fsp3) is 0.450. The summed E-state index contributed by atoms with van der Waals surface area (Å²) in [4.78, 5) is 49.2. The standard InChI is InChI=1S/C20H23N5O4/c1-23-18(22-25(20(23)29)16-5-6-17(27)21-19(16)28)14-3-2-4-15(11-14)24-9-7-13(12-24)8-10-26/h2-4,10-11,13,16H,5-9,12H2,1H3,(H,21,27,28). The maximum atomic E-state index is 12.7. The van der Waals surface area contributed by atoms with Gasteiger partial charge in [0.2, 0.25) is 5.91 Å². The number of aldehydes is 1. The first-order valence-electron chi connectivity index (χ1n) is 9.76. The summed E-state index contributed by atoms with van der Waals surface area (Å²) in [5.74, 6) is -0.000813. The zero-order valence-corrected chi connectivity index (χ0v) is 16.2. The molecule has 152 valence electrons. The van der Waals surface area contributed by atoms with E-state index in [-0.39, 0.29) is 18.7 Å². The monoisotopic (exact) mass is 397 g/mol. The van der Waals surface area contributed by atoms with Gasteiger partial charge in [0.15, 0.2) is 5.82 Å². The second-order valence-electron chi connectivity index (χ2n) is 7.63. The van der Waals surface area contributed by atoms with Crippen molar-refractivity contribution in [3.05, 3.63) is 34.7 Å². The van der Waals surface area contributed by atoms with Crippen molar-refractivity contribution >= 4 is 23.8 Å². The van der Waals surface area contributed by atoms with Crippen molar-refractivity contribution in [2.24, 2.45) is 13.0 Å². The highest BCUT2D eigenvalue weighted by atomic mass is 16.2. The van der Waals surface area contributed by atoms with Crippen LogP contribution >= 0.6 is 0 Å². The predicted molar refractivity (Wildman–Crippen MR) is 105 cm³/mol. The fourth-order valence-corrected chi connectivity index (χ4v) is 4.06. The van der Waals surface area contributed by atoms with Crippen molar-refractivity contribution in [2.45, 2.75) is 31.7 Å². The summed E-state index contributed by atoms with van der Waals surface area (Å²) in [7, 11) is 1.62. The Hall–Kier alpha value is -3.23. The van der Waals surface area contributed by atoms with Crippen molar-refractivity contribution in [1.82, 2.24) is 19.7 Å². The molecule has 1 aromatic heterocycles. The molecular weight excluding hydrogens is 374 g/mol. The Bertz CT molecular complexity index is 1020. The van der Waals surface area contributed by atoms with E-state index < -0.39 is 17.6 Å². The average Bonchev–Trinajstić information content (AvgIpc) is 3.28. The second-order valence-corrected chi connectivity index (χ2v) is 7.63. The van der Waals surface area contributed by atoms with E-state index in [0.717, 1.165) is 37.0 Å². The molecule has 2 amide bonds. The van der Waals surface area contributed by atoms with Gasteiger partial charge in [-0.05, 0) is 30.9 Å². The minimum atomic E-state index is -0.786. The molecule has 2 unspecified atom stereocenters. The maximum Gasteiger partial charge on any atom is 0.346 e. The highest BCUT2D eigenvalue weighted by Crippen LogP contribution is 2.28. The van der Waals surface area contributed by atoms with Gasteiger partial charge in [-0.3, -0.25) is 19.5 Å². The molecule has 3 heterocycles. The van der Waals surface area contributed by atoms with Crippen LogP contribution in [0, 0.1) is 5.92 Å². The van der Waals surface area contributed by atoms with Gasteiger partial charge in [-0.15, -0.1) is 5.10 Å². The Kier molecular flexibility index (Phi) is 5.04. The van der Waals surface area contributed by atoms with Crippen LogP contribution in [0.1, 0.15) is 31.7 Å². The normalized spacial score (nSPS) is 22.0. The number of rotatable bonds is 5. The van der Waals surface area contributed by atoms with E-state index in [1.54, 1.807) is 7.05 Å². The van der Waals surface area contributed by atoms with E-state index in [0.29, 0.717) is 18.2 Å². The Morgan fingerprint density at radius 1 is 1.24 bits per heavy atom. The van der Waals surface area contributed by atoms with Crippen molar-refractivity contribution in [3.8, 4) is 11.4 Å². The van der Waals surface area contributed by atoms with Crippen LogP contribution in [0.4, 0.5) is 5.69 Å². The summed E-state index contributed by atoms with van der Waals surface area (Å²) < 4.78 is 2.59. The number of carbonyl (C=O) groups excluding carboxylic acids is 3. The molecule has 0 saturated carbocycles. The summed E-state index contributed by atoms with van der Waals surface area (Å²) in [5.41, 5.74) is 1.39. The molecule has 4 rings (SSSR count). The third kappa shape index (κ3) is 3.59. The molecule has 9 nitrogen and oxygen atoms in total. The highest BCUT2D eigenvalue weighted by Gasteiger charge is 2.31. The van der Waals surface area contributed by atoms with E-state index in [4.69, 9.17) is 0 Å². The first-order valence-corrected chi connectivity index (χ1v) is 9.76. The molecule has 2 saturated heterocycles. The summed E-state index contributed by atoms with van der Waals surface area (Å²) in [6.45, 7) is 1.71. The number of imide groups is 1. The largest absolute Gasteiger partial charge is 0.371 e. The molecule has 0 radical (unpaired) electrons. The molecule has 1 aromatic carbocycles. The molecule has 0 bridgehead atoms. The quantitative estimate of drug-likeness (QED) is 0.586. The molecule has 1 N–H and O–H groups in total. The van der Waals surface area contributed by atoms with Crippen LogP contribution in [0.15, 0.2) is 29.1 Å². The maximum absolute atomic E-state index is 12.7. The molecule has 2 atom stereocenters. The fourth-order valence-electron chi connectivity index (χ4n) is 4.06. The molecule has 2 fully saturated rings. The lowest BCUT2D eigenvalue weighted by Crippen LogP contribution is -2.44. The van der Waals surface area contributed by atoms with Crippen molar-refractivity contribution in [1.29, 1.82) is 0 Å². The Balaban J connectivity index is 1.63. The topological polar surface area (TPSA) is 106 Å². The zero-order valence-electron chi connectivity index (χ0n) is 16.2. The summed E-state index contributed by atoms with van der Waals surface area (Å²) >= 11 is 0. The SMILES string of the molecule is Cn1c(-c2cccc(N3CCC(CC=O)C3)c2)nn(C2CCC(=O)NC2=O)c1=O. The summed E-state index contributed by atoms with van der Waals surface area (Å²) in [6.07, 6.45) is 2.96. The van der Waals surface area contributed by atoms with Gasteiger partial charge in [0.05, 0.1) is 0 Å². The van der Waals surface area contributed by atoms with Crippen LogP contribution in [0.5, 0.6) is 0 Å². The average molecular weight is 397 g/mol. The molecule has 2 aliphatic rings. The zero-order chi connectivity index (χ0) is 20.5. The number of benzene rings is 1. The van der Waals surface area contributed by atoms with Crippen LogP contribution in [0.3, 0.4) is 0 Å². The Morgan fingerprint density at radius 3 is 2.83 bits per heavy atom. The molecule has 2 aromatic rings. The van der Waals surface area contributed by atoms with E-state index in [2.05, 4.69) is 15.3 Å². The van der Waals surface area contributed by atoms with Gasteiger partial charge in [0.1, 0.15) is 12.3 Å². The van der Waals surface area contributed by atoms with Crippen molar-refractivity contribution in [2.75, 3.05) is 18.0 Å². The lowest BCUT2D eigenvalue weighted by molar-refractivity contribution is -0.136. The third-order valence-electron chi connectivity index (χ3n) is 5.69.